The largest absolute Gasteiger partial charge is 0.508 e. The molecule has 1 aliphatic rings. The van der Waals surface area contributed by atoms with Crippen LogP contribution in [0.15, 0.2) is 54.6 Å². The number of fused-ring (bicyclic) bond motifs is 1. The van der Waals surface area contributed by atoms with Gasteiger partial charge in [-0.05, 0) is 54.1 Å². The molecule has 4 aromatic rings. The van der Waals surface area contributed by atoms with Crippen LogP contribution in [0.1, 0.15) is 27.2 Å². The minimum Gasteiger partial charge on any atom is -0.508 e. The predicted molar refractivity (Wildman–Crippen MR) is 130 cm³/mol. The molecule has 1 aliphatic heterocycles. The number of piperazine rings is 1. The van der Waals surface area contributed by atoms with E-state index in [-0.39, 0.29) is 11.7 Å². The van der Waals surface area contributed by atoms with Gasteiger partial charge in [-0.1, -0.05) is 18.2 Å². The topological polar surface area (TPSA) is 118 Å². The zero-order valence-corrected chi connectivity index (χ0v) is 18.3. The zero-order valence-electron chi connectivity index (χ0n) is 18.3. The normalized spacial score (nSPS) is 13.9. The van der Waals surface area contributed by atoms with Crippen LogP contribution in [0.2, 0.25) is 0 Å². The third kappa shape index (κ3) is 4.25. The average Bonchev–Trinajstić information content (AvgIpc) is 3.30. The summed E-state index contributed by atoms with van der Waals surface area (Å²) in [6.07, 6.45) is 3.69. The number of carbonyl (C=O) groups excluding carboxylic acids is 1. The number of hydrogen-bond donors (Lipinski definition) is 3. The number of nitrogens with zero attached hydrogens (tertiary/aromatic N) is 4. The summed E-state index contributed by atoms with van der Waals surface area (Å²) in [5.41, 5.74) is 4.47. The summed E-state index contributed by atoms with van der Waals surface area (Å²) in [7, 11) is 0. The van der Waals surface area contributed by atoms with E-state index in [4.69, 9.17) is 10.2 Å². The number of nitrogens with one attached hydrogen (secondary N) is 2. The molecule has 0 aliphatic carbocycles. The molecule has 34 heavy (non-hydrogen) atoms. The highest BCUT2D eigenvalue weighted by molar-refractivity contribution is 6.09. The molecule has 1 saturated heterocycles. The molecule has 2 aromatic carbocycles. The number of nitriles is 1. The number of benzene rings is 2. The predicted octanol–water partition coefficient (Wildman–Crippen LogP) is 3.42. The second kappa shape index (κ2) is 9.17. The molecule has 5 rings (SSSR count). The van der Waals surface area contributed by atoms with E-state index in [2.05, 4.69) is 21.6 Å². The molecule has 3 N–H and O–H groups in total. The highest BCUT2D eigenvalue weighted by atomic mass is 16.3. The van der Waals surface area contributed by atoms with E-state index in [9.17, 15) is 9.90 Å². The van der Waals surface area contributed by atoms with Crippen LogP contribution in [0.3, 0.4) is 0 Å². The quantitative estimate of drug-likeness (QED) is 0.439. The average molecular weight is 451 g/mol. The minimum atomic E-state index is -0.0727. The number of carbonyl (C=O) groups is 1. The number of phenols is 1. The van der Waals surface area contributed by atoms with Crippen molar-refractivity contribution in [2.45, 2.75) is 0 Å². The Morgan fingerprint density at radius 3 is 2.65 bits per heavy atom. The van der Waals surface area contributed by atoms with Gasteiger partial charge in [0.15, 0.2) is 5.65 Å². The number of aromatic amines is 1. The third-order valence-electron chi connectivity index (χ3n) is 5.80. The Morgan fingerprint density at radius 1 is 1.09 bits per heavy atom. The van der Waals surface area contributed by atoms with Gasteiger partial charge >= 0.3 is 0 Å². The molecule has 1 amide bonds. The summed E-state index contributed by atoms with van der Waals surface area (Å²) in [6, 6.07) is 17.9. The number of pyridine rings is 1. The monoisotopic (exact) mass is 450 g/mol. The Hall–Kier alpha value is -4.48. The van der Waals surface area contributed by atoms with Crippen molar-refractivity contribution in [3.63, 3.8) is 0 Å². The molecule has 0 spiro atoms. The fourth-order valence-electron chi connectivity index (χ4n) is 4.05. The van der Waals surface area contributed by atoms with Crippen LogP contribution < -0.4 is 5.32 Å². The van der Waals surface area contributed by atoms with E-state index >= 15 is 0 Å². The number of hydrogen-bond acceptors (Lipinski definition) is 6. The summed E-state index contributed by atoms with van der Waals surface area (Å²) in [4.78, 5) is 20.1. The molecule has 3 heterocycles. The van der Waals surface area contributed by atoms with Gasteiger partial charge in [-0.2, -0.15) is 10.4 Å². The first kappa shape index (κ1) is 21.4. The fraction of sp³-hybridized carbons (Fsp3) is 0.154. The Labute approximate surface area is 196 Å². The molecule has 2 aromatic heterocycles. The standard InChI is InChI=1S/C26H22N6O2/c27-16-18-3-1-2-17(14-18)4-9-22-24-21(26(34)32-12-10-28-11-13-32)15-23(29-25(24)31-30-22)19-5-7-20(33)8-6-19/h1-9,14-15,28,33H,10-13H2,(H,29,30,31)/b9-4+. The van der Waals surface area contributed by atoms with E-state index in [1.54, 1.807) is 42.5 Å². The molecular formula is C26H22N6O2. The number of rotatable bonds is 4. The SMILES string of the molecule is N#Cc1cccc(/C=C/c2n[nH]c3nc(-c4ccc(O)cc4)cc(C(=O)N4CCNCC4)c23)c1. The Morgan fingerprint density at radius 2 is 1.88 bits per heavy atom. The molecule has 8 nitrogen and oxygen atoms in total. The lowest BCUT2D eigenvalue weighted by molar-refractivity contribution is 0.0737. The van der Waals surface area contributed by atoms with Crippen LogP contribution in [-0.2, 0) is 0 Å². The summed E-state index contributed by atoms with van der Waals surface area (Å²) < 4.78 is 0. The number of aromatic hydroxyl groups is 1. The van der Waals surface area contributed by atoms with Gasteiger partial charge in [-0.3, -0.25) is 9.89 Å². The van der Waals surface area contributed by atoms with Crippen molar-refractivity contribution in [2.24, 2.45) is 0 Å². The number of phenolic OH excluding ortho intramolecular Hbond substituents is 1. The summed E-state index contributed by atoms with van der Waals surface area (Å²) in [5, 5.41) is 30.1. The van der Waals surface area contributed by atoms with E-state index in [0.29, 0.717) is 46.6 Å². The van der Waals surface area contributed by atoms with Gasteiger partial charge < -0.3 is 15.3 Å². The molecule has 0 unspecified atom stereocenters. The van der Waals surface area contributed by atoms with Crippen LogP contribution in [0.5, 0.6) is 5.75 Å². The zero-order chi connectivity index (χ0) is 23.5. The van der Waals surface area contributed by atoms with Gasteiger partial charge in [0.1, 0.15) is 5.75 Å². The first-order valence-corrected chi connectivity index (χ1v) is 11.0. The number of amides is 1. The molecule has 0 atom stereocenters. The molecule has 168 valence electrons. The second-order valence-corrected chi connectivity index (χ2v) is 8.05. The van der Waals surface area contributed by atoms with E-state index in [1.807, 2.05) is 29.2 Å². The van der Waals surface area contributed by atoms with Crippen LogP contribution in [0, 0.1) is 11.3 Å². The van der Waals surface area contributed by atoms with Crippen LogP contribution >= 0.6 is 0 Å². The van der Waals surface area contributed by atoms with Gasteiger partial charge in [-0.15, -0.1) is 0 Å². The maximum atomic E-state index is 13.6. The van der Waals surface area contributed by atoms with Crippen molar-refractivity contribution >= 4 is 29.1 Å². The summed E-state index contributed by atoms with van der Waals surface area (Å²) in [5.74, 6) is 0.0906. The lowest BCUT2D eigenvalue weighted by atomic mass is 10.0. The van der Waals surface area contributed by atoms with Gasteiger partial charge in [0.05, 0.1) is 34.0 Å². The van der Waals surface area contributed by atoms with Crippen molar-refractivity contribution in [1.82, 2.24) is 25.4 Å². The fourth-order valence-corrected chi connectivity index (χ4v) is 4.05. The third-order valence-corrected chi connectivity index (χ3v) is 5.80. The van der Waals surface area contributed by atoms with E-state index < -0.39 is 0 Å². The van der Waals surface area contributed by atoms with Gasteiger partial charge in [0, 0.05) is 31.7 Å². The van der Waals surface area contributed by atoms with Crippen molar-refractivity contribution in [2.75, 3.05) is 26.2 Å². The smallest absolute Gasteiger partial charge is 0.254 e. The van der Waals surface area contributed by atoms with Crippen molar-refractivity contribution < 1.29 is 9.90 Å². The molecule has 1 fully saturated rings. The number of H-pyrrole nitrogens is 1. The minimum absolute atomic E-state index is 0.0727. The first-order chi connectivity index (χ1) is 16.6. The molecule has 8 heteroatoms. The first-order valence-electron chi connectivity index (χ1n) is 11.0. The van der Waals surface area contributed by atoms with Crippen LogP contribution in [-0.4, -0.2) is 57.3 Å². The van der Waals surface area contributed by atoms with Crippen molar-refractivity contribution in [3.8, 4) is 23.1 Å². The second-order valence-electron chi connectivity index (χ2n) is 8.05. The molecular weight excluding hydrogens is 428 g/mol. The lowest BCUT2D eigenvalue weighted by Gasteiger charge is -2.27. The molecule has 0 radical (unpaired) electrons. The Kier molecular flexibility index (Phi) is 5.77. The molecule has 0 saturated carbocycles. The Balaban J connectivity index is 1.61. The summed E-state index contributed by atoms with van der Waals surface area (Å²) >= 11 is 0. The Bertz CT molecular complexity index is 1430. The van der Waals surface area contributed by atoms with Gasteiger partial charge in [-0.25, -0.2) is 4.98 Å². The van der Waals surface area contributed by atoms with Crippen molar-refractivity contribution in [1.29, 1.82) is 5.26 Å². The van der Waals surface area contributed by atoms with E-state index in [0.717, 1.165) is 24.2 Å². The highest BCUT2D eigenvalue weighted by Gasteiger charge is 2.24. The van der Waals surface area contributed by atoms with Crippen molar-refractivity contribution in [3.05, 3.63) is 77.0 Å². The summed E-state index contributed by atoms with van der Waals surface area (Å²) in [6.45, 7) is 2.75. The number of aromatic nitrogens is 3. The highest BCUT2D eigenvalue weighted by Crippen LogP contribution is 2.29. The maximum absolute atomic E-state index is 13.6. The van der Waals surface area contributed by atoms with Gasteiger partial charge in [0.25, 0.3) is 5.91 Å². The van der Waals surface area contributed by atoms with Crippen LogP contribution in [0.25, 0.3) is 34.4 Å². The lowest BCUT2D eigenvalue weighted by Crippen LogP contribution is -2.46. The molecule has 0 bridgehead atoms. The van der Waals surface area contributed by atoms with Crippen LogP contribution in [0.4, 0.5) is 0 Å². The van der Waals surface area contributed by atoms with Gasteiger partial charge in [0.2, 0.25) is 0 Å². The maximum Gasteiger partial charge on any atom is 0.254 e. The van der Waals surface area contributed by atoms with E-state index in [1.165, 1.54) is 0 Å².